The molecule has 10 heavy (non-hydrogen) atoms. The monoisotopic (exact) mass is 133 g/mol. The van der Waals surface area contributed by atoms with E-state index in [1.807, 2.05) is 0 Å². The molecule has 3 nitrogen and oxygen atoms in total. The fourth-order valence-corrected chi connectivity index (χ4v) is 1.08. The Kier molecular flexibility index (Phi) is 0.877. The number of imidazole rings is 1. The Bertz CT molecular complexity index is 264. The zero-order valence-corrected chi connectivity index (χ0v) is 5.46. The van der Waals surface area contributed by atoms with Gasteiger partial charge in [-0.3, -0.25) is 0 Å². The first kappa shape index (κ1) is 5.48. The van der Waals surface area contributed by atoms with Crippen molar-refractivity contribution < 1.29 is 0 Å². The number of nitrogens with one attached hydrogen (secondary N) is 1. The van der Waals surface area contributed by atoms with Crippen LogP contribution in [0.1, 0.15) is 18.5 Å². The summed E-state index contributed by atoms with van der Waals surface area (Å²) >= 11 is 0. The van der Waals surface area contributed by atoms with E-state index in [-0.39, 0.29) is 5.41 Å². The van der Waals surface area contributed by atoms with Gasteiger partial charge in [-0.15, -0.1) is 0 Å². The third kappa shape index (κ3) is 0.561. The van der Waals surface area contributed by atoms with Crippen LogP contribution >= 0.6 is 0 Å². The first-order valence-corrected chi connectivity index (χ1v) is 3.27. The summed E-state index contributed by atoms with van der Waals surface area (Å²) in [5.41, 5.74) is 0.770. The van der Waals surface area contributed by atoms with E-state index in [1.54, 1.807) is 12.5 Å². The second-order valence-corrected chi connectivity index (χ2v) is 2.66. The molecule has 0 unspecified atom stereocenters. The van der Waals surface area contributed by atoms with Crippen LogP contribution in [0.4, 0.5) is 0 Å². The summed E-state index contributed by atoms with van der Waals surface area (Å²) in [5, 5.41) is 8.73. The Labute approximate surface area is 58.7 Å². The third-order valence-electron chi connectivity index (χ3n) is 1.98. The average Bonchev–Trinajstić information content (AvgIpc) is 2.58. The SMILES string of the molecule is N#CC1(c2cnc[nH]2)CC1. The molecule has 1 aliphatic rings. The van der Waals surface area contributed by atoms with Gasteiger partial charge < -0.3 is 4.98 Å². The van der Waals surface area contributed by atoms with Crippen LogP contribution in [0.3, 0.4) is 0 Å². The molecule has 2 rings (SSSR count). The molecule has 0 aromatic carbocycles. The largest absolute Gasteiger partial charge is 0.347 e. The second-order valence-electron chi connectivity index (χ2n) is 2.66. The molecule has 0 radical (unpaired) electrons. The first-order chi connectivity index (χ1) is 4.87. The molecule has 0 bridgehead atoms. The Morgan fingerprint density at radius 3 is 2.90 bits per heavy atom. The van der Waals surface area contributed by atoms with E-state index in [0.29, 0.717) is 0 Å². The molecule has 1 N–H and O–H groups in total. The predicted molar refractivity (Wildman–Crippen MR) is 35.1 cm³/mol. The molecule has 1 aromatic heterocycles. The number of hydrogen-bond donors (Lipinski definition) is 1. The highest BCUT2D eigenvalue weighted by Gasteiger charge is 2.46. The van der Waals surface area contributed by atoms with E-state index in [2.05, 4.69) is 16.0 Å². The Balaban J connectivity index is 2.38. The van der Waals surface area contributed by atoms with Crippen molar-refractivity contribution in [2.45, 2.75) is 18.3 Å². The normalized spacial score (nSPS) is 19.9. The number of nitrogens with zero attached hydrogens (tertiary/aromatic N) is 2. The lowest BCUT2D eigenvalue weighted by Crippen LogP contribution is -2.01. The summed E-state index contributed by atoms with van der Waals surface area (Å²) in [4.78, 5) is 6.83. The highest BCUT2D eigenvalue weighted by molar-refractivity contribution is 5.32. The van der Waals surface area contributed by atoms with Gasteiger partial charge in [0.15, 0.2) is 0 Å². The minimum Gasteiger partial charge on any atom is -0.347 e. The lowest BCUT2D eigenvalue weighted by molar-refractivity contribution is 0.866. The van der Waals surface area contributed by atoms with E-state index in [0.717, 1.165) is 18.5 Å². The van der Waals surface area contributed by atoms with E-state index in [1.165, 1.54) is 0 Å². The number of hydrogen-bond acceptors (Lipinski definition) is 2. The molecule has 0 saturated heterocycles. The molecule has 1 aliphatic carbocycles. The number of aromatic amines is 1. The van der Waals surface area contributed by atoms with Crippen LogP contribution in [-0.2, 0) is 5.41 Å². The molecule has 1 heterocycles. The quantitative estimate of drug-likeness (QED) is 0.620. The zero-order valence-electron chi connectivity index (χ0n) is 5.46. The maximum absolute atomic E-state index is 8.73. The van der Waals surface area contributed by atoms with Gasteiger partial charge in [0.2, 0.25) is 0 Å². The van der Waals surface area contributed by atoms with Crippen molar-refractivity contribution in [1.82, 2.24) is 9.97 Å². The highest BCUT2D eigenvalue weighted by Crippen LogP contribution is 2.46. The van der Waals surface area contributed by atoms with E-state index < -0.39 is 0 Å². The van der Waals surface area contributed by atoms with Gasteiger partial charge >= 0.3 is 0 Å². The maximum Gasteiger partial charge on any atom is 0.0988 e. The Morgan fingerprint density at radius 1 is 1.70 bits per heavy atom. The number of H-pyrrole nitrogens is 1. The smallest absolute Gasteiger partial charge is 0.0988 e. The van der Waals surface area contributed by atoms with Gasteiger partial charge in [0.1, 0.15) is 0 Å². The Morgan fingerprint density at radius 2 is 2.50 bits per heavy atom. The summed E-state index contributed by atoms with van der Waals surface area (Å²) in [6.45, 7) is 0. The summed E-state index contributed by atoms with van der Waals surface area (Å²) in [7, 11) is 0. The number of rotatable bonds is 1. The average molecular weight is 133 g/mol. The van der Waals surface area contributed by atoms with Crippen molar-refractivity contribution in [2.75, 3.05) is 0 Å². The molecular weight excluding hydrogens is 126 g/mol. The summed E-state index contributed by atoms with van der Waals surface area (Å²) in [6.07, 6.45) is 5.31. The topological polar surface area (TPSA) is 52.5 Å². The molecule has 3 heteroatoms. The zero-order chi connectivity index (χ0) is 7.03. The van der Waals surface area contributed by atoms with Crippen molar-refractivity contribution in [3.63, 3.8) is 0 Å². The molecule has 0 atom stereocenters. The maximum atomic E-state index is 8.73. The van der Waals surface area contributed by atoms with Crippen LogP contribution < -0.4 is 0 Å². The van der Waals surface area contributed by atoms with Gasteiger partial charge in [-0.25, -0.2) is 4.98 Å². The molecule has 0 amide bonds. The first-order valence-electron chi connectivity index (χ1n) is 3.27. The van der Waals surface area contributed by atoms with Crippen LogP contribution in [0, 0.1) is 11.3 Å². The molecular formula is C7H7N3. The highest BCUT2D eigenvalue weighted by atomic mass is 14.9. The summed E-state index contributed by atoms with van der Waals surface area (Å²) in [6, 6.07) is 2.28. The molecule has 0 aliphatic heterocycles. The van der Waals surface area contributed by atoms with Gasteiger partial charge in [-0.2, -0.15) is 5.26 Å². The van der Waals surface area contributed by atoms with E-state index in [4.69, 9.17) is 5.26 Å². The van der Waals surface area contributed by atoms with Gasteiger partial charge in [-0.1, -0.05) is 0 Å². The number of aromatic nitrogens is 2. The van der Waals surface area contributed by atoms with E-state index in [9.17, 15) is 0 Å². The summed E-state index contributed by atoms with van der Waals surface area (Å²) < 4.78 is 0. The third-order valence-corrected chi connectivity index (χ3v) is 1.98. The van der Waals surface area contributed by atoms with Crippen LogP contribution in [0.25, 0.3) is 0 Å². The summed E-state index contributed by atoms with van der Waals surface area (Å²) in [5.74, 6) is 0. The second kappa shape index (κ2) is 1.60. The number of nitriles is 1. The standard InChI is InChI=1S/C7H7N3/c8-4-7(1-2-7)6-3-9-5-10-6/h3,5H,1-2H2,(H,9,10). The predicted octanol–water partition coefficient (Wildman–Crippen LogP) is 0.965. The molecule has 50 valence electrons. The van der Waals surface area contributed by atoms with Crippen LogP contribution in [0.5, 0.6) is 0 Å². The molecule has 1 saturated carbocycles. The van der Waals surface area contributed by atoms with Crippen molar-refractivity contribution in [2.24, 2.45) is 0 Å². The molecule has 1 aromatic rings. The van der Waals surface area contributed by atoms with Crippen LogP contribution in [-0.4, -0.2) is 9.97 Å². The van der Waals surface area contributed by atoms with Gasteiger partial charge in [-0.05, 0) is 12.8 Å². The van der Waals surface area contributed by atoms with Crippen molar-refractivity contribution in [3.05, 3.63) is 18.2 Å². The van der Waals surface area contributed by atoms with Crippen LogP contribution in [0.2, 0.25) is 0 Å². The fourth-order valence-electron chi connectivity index (χ4n) is 1.08. The Hall–Kier alpha value is -1.30. The van der Waals surface area contributed by atoms with Crippen molar-refractivity contribution in [3.8, 4) is 6.07 Å². The van der Waals surface area contributed by atoms with Crippen molar-refractivity contribution >= 4 is 0 Å². The van der Waals surface area contributed by atoms with Crippen LogP contribution in [0.15, 0.2) is 12.5 Å². The molecule has 0 spiro atoms. The van der Waals surface area contributed by atoms with Gasteiger partial charge in [0.25, 0.3) is 0 Å². The lowest BCUT2D eigenvalue weighted by atomic mass is 10.1. The van der Waals surface area contributed by atoms with Gasteiger partial charge in [0, 0.05) is 6.20 Å². The minimum atomic E-state index is -0.198. The van der Waals surface area contributed by atoms with Crippen molar-refractivity contribution in [1.29, 1.82) is 5.26 Å². The lowest BCUT2D eigenvalue weighted by Gasteiger charge is -1.97. The molecule has 1 fully saturated rings. The minimum absolute atomic E-state index is 0.198. The van der Waals surface area contributed by atoms with E-state index >= 15 is 0 Å². The fraction of sp³-hybridized carbons (Fsp3) is 0.429. The van der Waals surface area contributed by atoms with Gasteiger partial charge in [0.05, 0.1) is 23.5 Å².